The number of para-hydroxylation sites is 1. The van der Waals surface area contributed by atoms with Gasteiger partial charge in [0, 0.05) is 19.6 Å². The summed E-state index contributed by atoms with van der Waals surface area (Å²) in [5, 5.41) is 3.01. The van der Waals surface area contributed by atoms with E-state index in [0.717, 1.165) is 12.8 Å². The Morgan fingerprint density at radius 2 is 1.93 bits per heavy atom. The van der Waals surface area contributed by atoms with Crippen molar-refractivity contribution in [2.45, 2.75) is 25.3 Å². The molecule has 11 heteroatoms. The van der Waals surface area contributed by atoms with Crippen molar-refractivity contribution in [3.63, 3.8) is 0 Å². The Morgan fingerprint density at radius 3 is 2.66 bits per heavy atom. The minimum atomic E-state index is -3.10. The van der Waals surface area contributed by atoms with Crippen LogP contribution in [-0.4, -0.2) is 72.3 Å². The van der Waals surface area contributed by atoms with Gasteiger partial charge in [0.15, 0.2) is 15.0 Å². The summed E-state index contributed by atoms with van der Waals surface area (Å²) in [6.07, 6.45) is 2.11. The smallest absolute Gasteiger partial charge is 0.320 e. The molecule has 8 nitrogen and oxygen atoms in total. The second-order valence-corrected chi connectivity index (χ2v) is 10.6. The summed E-state index contributed by atoms with van der Waals surface area (Å²) < 4.78 is 37.7. The number of carbonyl (C=O) groups excluding carboxylic acids is 2. The Kier molecular flexibility index (Phi) is 5.43. The summed E-state index contributed by atoms with van der Waals surface area (Å²) in [6, 6.07) is 3.66. The van der Waals surface area contributed by atoms with Gasteiger partial charge in [-0.3, -0.25) is 4.79 Å². The Balaban J connectivity index is 1.48. The van der Waals surface area contributed by atoms with Crippen LogP contribution in [0.2, 0.25) is 0 Å². The van der Waals surface area contributed by atoms with Crippen molar-refractivity contribution in [3.8, 4) is 0 Å². The third kappa shape index (κ3) is 4.20. The number of aromatic nitrogens is 1. The first kappa shape index (κ1) is 20.0. The minimum absolute atomic E-state index is 0.0548. The highest BCUT2D eigenvalue weighted by Gasteiger charge is 2.36. The zero-order chi connectivity index (χ0) is 20.6. The average molecular weight is 441 g/mol. The van der Waals surface area contributed by atoms with Gasteiger partial charge in [-0.25, -0.2) is 22.6 Å². The molecule has 156 valence electrons. The van der Waals surface area contributed by atoms with Crippen LogP contribution < -0.4 is 5.32 Å². The fraction of sp³-hybridized carbons (Fsp3) is 0.500. The molecule has 2 fully saturated rings. The largest absolute Gasteiger partial charge is 0.323 e. The Bertz CT molecular complexity index is 1040. The predicted molar refractivity (Wildman–Crippen MR) is 108 cm³/mol. The fourth-order valence-electron chi connectivity index (χ4n) is 3.68. The summed E-state index contributed by atoms with van der Waals surface area (Å²) in [4.78, 5) is 33.0. The minimum Gasteiger partial charge on any atom is -0.323 e. The maximum atomic E-state index is 13.9. The first-order valence-corrected chi connectivity index (χ1v) is 12.1. The molecule has 0 spiro atoms. The lowest BCUT2D eigenvalue weighted by Gasteiger charge is -2.39. The number of piperidine rings is 1. The molecule has 0 aliphatic carbocycles. The lowest BCUT2D eigenvalue weighted by molar-refractivity contribution is -0.121. The second-order valence-electron chi connectivity index (χ2n) is 7.22. The number of halogens is 1. The third-order valence-corrected chi connectivity index (χ3v) is 7.81. The number of sulfone groups is 1. The van der Waals surface area contributed by atoms with Crippen LogP contribution in [0.1, 0.15) is 19.3 Å². The van der Waals surface area contributed by atoms with E-state index in [1.165, 1.54) is 27.2 Å². The molecular weight excluding hydrogens is 419 g/mol. The van der Waals surface area contributed by atoms with Crippen LogP contribution in [-0.2, 0) is 14.6 Å². The Hall–Kier alpha value is -2.27. The average Bonchev–Trinajstić information content (AvgIpc) is 3.11. The summed E-state index contributed by atoms with van der Waals surface area (Å²) in [6.45, 7) is 0.723. The molecule has 1 aromatic carbocycles. The predicted octanol–water partition coefficient (Wildman–Crippen LogP) is 2.08. The summed E-state index contributed by atoms with van der Waals surface area (Å²) >= 11 is 1.18. The quantitative estimate of drug-likeness (QED) is 0.771. The van der Waals surface area contributed by atoms with Crippen molar-refractivity contribution in [1.82, 2.24) is 14.8 Å². The summed E-state index contributed by atoms with van der Waals surface area (Å²) in [5.74, 6) is -0.919. The maximum absolute atomic E-state index is 13.9. The van der Waals surface area contributed by atoms with E-state index in [9.17, 15) is 22.4 Å². The highest BCUT2D eigenvalue weighted by atomic mass is 32.2. The molecule has 3 amide bonds. The monoisotopic (exact) mass is 440 g/mol. The molecule has 3 heterocycles. The zero-order valence-corrected chi connectivity index (χ0v) is 17.3. The number of hydrogen-bond donors (Lipinski definition) is 1. The maximum Gasteiger partial charge on any atom is 0.320 e. The molecule has 1 atom stereocenters. The lowest BCUT2D eigenvalue weighted by Crippen LogP contribution is -2.56. The summed E-state index contributed by atoms with van der Waals surface area (Å²) in [7, 11) is -3.10. The molecule has 2 aromatic rings. The molecule has 29 heavy (non-hydrogen) atoms. The van der Waals surface area contributed by atoms with Gasteiger partial charge < -0.3 is 15.1 Å². The van der Waals surface area contributed by atoms with Gasteiger partial charge in [0.2, 0.25) is 5.91 Å². The first-order valence-electron chi connectivity index (χ1n) is 9.46. The number of nitrogens with zero attached hydrogens (tertiary/aromatic N) is 3. The van der Waals surface area contributed by atoms with E-state index in [2.05, 4.69) is 10.3 Å². The number of anilines is 1. The SMILES string of the molecule is O=C(Nc1nc2c(F)cccc2s1)[C@@H]1CCCCN1C(=O)N1CCS(=O)(=O)CC1. The van der Waals surface area contributed by atoms with Crippen molar-refractivity contribution in [1.29, 1.82) is 0 Å². The molecule has 2 saturated heterocycles. The molecular formula is C18H21FN4O4S2. The number of fused-ring (bicyclic) bond motifs is 1. The molecule has 0 saturated carbocycles. The number of urea groups is 1. The van der Waals surface area contributed by atoms with Gasteiger partial charge >= 0.3 is 6.03 Å². The van der Waals surface area contributed by atoms with E-state index in [1.807, 2.05) is 0 Å². The van der Waals surface area contributed by atoms with Crippen molar-refractivity contribution in [2.24, 2.45) is 0 Å². The number of nitrogens with one attached hydrogen (secondary N) is 1. The number of hydrogen-bond acceptors (Lipinski definition) is 6. The zero-order valence-electron chi connectivity index (χ0n) is 15.6. The lowest BCUT2D eigenvalue weighted by atomic mass is 10.0. The Labute approximate surface area is 171 Å². The third-order valence-electron chi connectivity index (χ3n) is 5.27. The van der Waals surface area contributed by atoms with Crippen molar-refractivity contribution in [2.75, 3.05) is 36.5 Å². The number of thiazole rings is 1. The fourth-order valence-corrected chi connectivity index (χ4v) is 5.76. The molecule has 4 rings (SSSR count). The van der Waals surface area contributed by atoms with Crippen LogP contribution in [0.25, 0.3) is 10.2 Å². The summed E-state index contributed by atoms with van der Waals surface area (Å²) in [5.41, 5.74) is 0.207. The van der Waals surface area contributed by atoms with Gasteiger partial charge in [-0.15, -0.1) is 0 Å². The number of rotatable bonds is 2. The van der Waals surface area contributed by atoms with Crippen LogP contribution in [0.3, 0.4) is 0 Å². The van der Waals surface area contributed by atoms with Gasteiger partial charge in [0.1, 0.15) is 17.4 Å². The van der Waals surface area contributed by atoms with E-state index in [4.69, 9.17) is 0 Å². The van der Waals surface area contributed by atoms with Crippen molar-refractivity contribution >= 4 is 48.5 Å². The van der Waals surface area contributed by atoms with Gasteiger partial charge in [-0.1, -0.05) is 17.4 Å². The van der Waals surface area contributed by atoms with Gasteiger partial charge in [0.25, 0.3) is 0 Å². The van der Waals surface area contributed by atoms with Crippen LogP contribution in [0.4, 0.5) is 14.3 Å². The topological polar surface area (TPSA) is 99.7 Å². The van der Waals surface area contributed by atoms with E-state index in [1.54, 1.807) is 12.1 Å². The standard InChI is InChI=1S/C18H21FN4O4S2/c19-12-4-3-6-14-15(12)20-17(28-14)21-16(24)13-5-1-2-7-23(13)18(25)22-8-10-29(26,27)11-9-22/h3-4,6,13H,1-2,5,7-11H2,(H,20,21,24)/t13-/m0/s1. The molecule has 1 N–H and O–H groups in total. The number of amides is 3. The Morgan fingerprint density at radius 1 is 1.17 bits per heavy atom. The molecule has 1 aromatic heterocycles. The molecule has 0 bridgehead atoms. The van der Waals surface area contributed by atoms with E-state index >= 15 is 0 Å². The van der Waals surface area contributed by atoms with Gasteiger partial charge in [0.05, 0.1) is 16.2 Å². The molecule has 2 aliphatic heterocycles. The molecule has 0 radical (unpaired) electrons. The van der Waals surface area contributed by atoms with Crippen LogP contribution in [0, 0.1) is 5.82 Å². The number of benzene rings is 1. The van der Waals surface area contributed by atoms with Crippen LogP contribution in [0.5, 0.6) is 0 Å². The van der Waals surface area contributed by atoms with E-state index < -0.39 is 21.7 Å². The van der Waals surface area contributed by atoms with Crippen LogP contribution in [0.15, 0.2) is 18.2 Å². The van der Waals surface area contributed by atoms with Crippen LogP contribution >= 0.6 is 11.3 Å². The van der Waals surface area contributed by atoms with E-state index in [-0.39, 0.29) is 47.2 Å². The van der Waals surface area contributed by atoms with Gasteiger partial charge in [-0.2, -0.15) is 0 Å². The normalized spacial score (nSPS) is 21.9. The van der Waals surface area contributed by atoms with Crippen molar-refractivity contribution in [3.05, 3.63) is 24.0 Å². The van der Waals surface area contributed by atoms with Gasteiger partial charge in [-0.05, 0) is 31.4 Å². The number of carbonyl (C=O) groups is 2. The number of likely N-dealkylation sites (tertiary alicyclic amines) is 1. The highest BCUT2D eigenvalue weighted by Crippen LogP contribution is 2.28. The first-order chi connectivity index (χ1) is 13.8. The van der Waals surface area contributed by atoms with Crippen molar-refractivity contribution < 1.29 is 22.4 Å². The van der Waals surface area contributed by atoms with E-state index in [0.29, 0.717) is 17.7 Å². The highest BCUT2D eigenvalue weighted by molar-refractivity contribution is 7.91. The second kappa shape index (κ2) is 7.86. The molecule has 0 unspecified atom stereocenters. The molecule has 2 aliphatic rings.